The first kappa shape index (κ1) is 17.5. The molecule has 1 amide bonds. The van der Waals surface area contributed by atoms with Crippen molar-refractivity contribution in [3.63, 3.8) is 0 Å². The number of hydrazone groups is 1. The number of ether oxygens (including phenoxy) is 1. The molecule has 0 saturated carbocycles. The number of nitrogens with zero attached hydrogens (tertiary/aromatic N) is 1. The average molecular weight is 418 g/mol. The van der Waals surface area contributed by atoms with Crippen molar-refractivity contribution >= 4 is 57.0 Å². The summed E-state index contributed by atoms with van der Waals surface area (Å²) in [6.45, 7) is -0.497. The van der Waals surface area contributed by atoms with Crippen LogP contribution in [0.4, 0.5) is 0 Å². The van der Waals surface area contributed by atoms with Crippen LogP contribution in [-0.2, 0) is 4.79 Å². The summed E-state index contributed by atoms with van der Waals surface area (Å²) in [5, 5.41) is 14.5. The number of carboxylic acids is 1. The zero-order valence-corrected chi connectivity index (χ0v) is 14.6. The first-order valence-electron chi connectivity index (χ1n) is 6.18. The molecule has 23 heavy (non-hydrogen) atoms. The maximum atomic E-state index is 11.7. The van der Waals surface area contributed by atoms with Gasteiger partial charge in [0.1, 0.15) is 0 Å². The fourth-order valence-electron chi connectivity index (χ4n) is 1.55. The van der Waals surface area contributed by atoms with E-state index in [4.69, 9.17) is 21.4 Å². The molecule has 2 rings (SSSR count). The van der Waals surface area contributed by atoms with Gasteiger partial charge in [0.25, 0.3) is 5.91 Å². The lowest BCUT2D eigenvalue weighted by atomic mass is 10.2. The fourth-order valence-corrected chi connectivity index (χ4v) is 3.16. The predicted molar refractivity (Wildman–Crippen MR) is 91.7 cm³/mol. The van der Waals surface area contributed by atoms with Gasteiger partial charge in [-0.2, -0.15) is 5.10 Å². The third-order valence-corrected chi connectivity index (χ3v) is 4.22. The highest BCUT2D eigenvalue weighted by Gasteiger charge is 2.10. The Balaban J connectivity index is 2.04. The van der Waals surface area contributed by atoms with Crippen LogP contribution in [0.1, 0.15) is 15.2 Å². The number of benzene rings is 1. The molecular formula is C14H10BrClN2O4S. The van der Waals surface area contributed by atoms with Crippen LogP contribution >= 0.6 is 38.9 Å². The molecule has 0 spiro atoms. The van der Waals surface area contributed by atoms with E-state index in [2.05, 4.69) is 26.5 Å². The third kappa shape index (κ3) is 5.05. The molecule has 1 aromatic heterocycles. The molecule has 0 saturated heterocycles. The van der Waals surface area contributed by atoms with Crippen molar-refractivity contribution in [1.29, 1.82) is 0 Å². The third-order valence-electron chi connectivity index (χ3n) is 2.49. The summed E-state index contributed by atoms with van der Waals surface area (Å²) >= 11 is 10.6. The van der Waals surface area contributed by atoms with Gasteiger partial charge in [0, 0.05) is 0 Å². The summed E-state index contributed by atoms with van der Waals surface area (Å²) in [5.41, 5.74) is 3.01. The van der Waals surface area contributed by atoms with Crippen molar-refractivity contribution in [1.82, 2.24) is 5.43 Å². The number of hydrogen-bond donors (Lipinski definition) is 2. The van der Waals surface area contributed by atoms with Crippen LogP contribution in [0.2, 0.25) is 5.02 Å². The summed E-state index contributed by atoms with van der Waals surface area (Å²) in [6, 6.07) is 6.65. The Kier molecular flexibility index (Phi) is 6.14. The van der Waals surface area contributed by atoms with Crippen LogP contribution in [-0.4, -0.2) is 29.8 Å². The van der Waals surface area contributed by atoms with Crippen LogP contribution in [0.25, 0.3) is 0 Å². The molecule has 120 valence electrons. The van der Waals surface area contributed by atoms with Gasteiger partial charge >= 0.3 is 5.97 Å². The van der Waals surface area contributed by atoms with Crippen LogP contribution in [0, 0.1) is 0 Å². The molecule has 2 aromatic rings. The van der Waals surface area contributed by atoms with Crippen molar-refractivity contribution in [3.8, 4) is 5.75 Å². The topological polar surface area (TPSA) is 88.0 Å². The highest BCUT2D eigenvalue weighted by molar-refractivity contribution is 9.10. The number of aliphatic carboxylic acids is 1. The minimum absolute atomic E-state index is 0.228. The number of carbonyl (C=O) groups is 2. The second kappa shape index (κ2) is 8.09. The summed E-state index contributed by atoms with van der Waals surface area (Å²) in [4.78, 5) is 22.8. The van der Waals surface area contributed by atoms with E-state index in [1.165, 1.54) is 17.6 Å². The second-order valence-corrected chi connectivity index (χ2v) is 6.38. The van der Waals surface area contributed by atoms with Gasteiger partial charge in [0.05, 0.1) is 20.6 Å². The van der Waals surface area contributed by atoms with E-state index in [0.29, 0.717) is 14.9 Å². The normalized spacial score (nSPS) is 10.7. The molecule has 0 aliphatic rings. The first-order valence-corrected chi connectivity index (χ1v) is 8.23. The molecule has 0 aliphatic heterocycles. The van der Waals surface area contributed by atoms with E-state index in [1.54, 1.807) is 29.6 Å². The van der Waals surface area contributed by atoms with Crippen molar-refractivity contribution in [3.05, 3.63) is 49.6 Å². The van der Waals surface area contributed by atoms with Gasteiger partial charge in [-0.05, 0) is 45.1 Å². The molecule has 0 aliphatic carbocycles. The van der Waals surface area contributed by atoms with Gasteiger partial charge in [-0.25, -0.2) is 10.2 Å². The van der Waals surface area contributed by atoms with Gasteiger partial charge in [-0.15, -0.1) is 11.3 Å². The Bertz CT molecular complexity index is 726. The summed E-state index contributed by atoms with van der Waals surface area (Å²) in [7, 11) is 0. The minimum atomic E-state index is -1.10. The number of halogens is 2. The Morgan fingerprint density at radius 2 is 2.26 bits per heavy atom. The molecule has 2 N–H and O–H groups in total. The lowest BCUT2D eigenvalue weighted by Gasteiger charge is -2.08. The molecule has 0 unspecified atom stereocenters. The molecule has 0 atom stereocenters. The maximum Gasteiger partial charge on any atom is 0.341 e. The standard InChI is InChI=1S/C14H10BrClN2O4S/c15-9-4-8(5-10(16)13(9)22-7-12(19)20)6-17-18-14(21)11-2-1-3-23-11/h1-6H,7H2,(H,18,21)(H,19,20)/b17-6-. The molecule has 1 heterocycles. The number of nitrogens with one attached hydrogen (secondary N) is 1. The zero-order chi connectivity index (χ0) is 16.8. The predicted octanol–water partition coefficient (Wildman–Crippen LogP) is 3.39. The number of carboxylic acid groups (broad SMARTS) is 1. The van der Waals surface area contributed by atoms with E-state index >= 15 is 0 Å². The Morgan fingerprint density at radius 3 is 2.87 bits per heavy atom. The smallest absolute Gasteiger partial charge is 0.341 e. The first-order chi connectivity index (χ1) is 11.0. The van der Waals surface area contributed by atoms with Crippen molar-refractivity contribution < 1.29 is 19.4 Å². The molecule has 0 radical (unpaired) electrons. The largest absolute Gasteiger partial charge is 0.479 e. The Labute approximate surface area is 148 Å². The quantitative estimate of drug-likeness (QED) is 0.557. The van der Waals surface area contributed by atoms with E-state index in [1.807, 2.05) is 0 Å². The van der Waals surface area contributed by atoms with Crippen molar-refractivity contribution in [2.24, 2.45) is 5.10 Å². The van der Waals surface area contributed by atoms with E-state index in [-0.39, 0.29) is 16.7 Å². The Morgan fingerprint density at radius 1 is 1.48 bits per heavy atom. The maximum absolute atomic E-state index is 11.7. The zero-order valence-electron chi connectivity index (χ0n) is 11.5. The number of carbonyl (C=O) groups excluding carboxylic acids is 1. The lowest BCUT2D eigenvalue weighted by molar-refractivity contribution is -0.139. The van der Waals surface area contributed by atoms with Crippen LogP contribution < -0.4 is 10.2 Å². The number of hydrogen-bond acceptors (Lipinski definition) is 5. The number of amides is 1. The van der Waals surface area contributed by atoms with Crippen LogP contribution in [0.5, 0.6) is 5.75 Å². The lowest BCUT2D eigenvalue weighted by Crippen LogP contribution is -2.16. The van der Waals surface area contributed by atoms with Crippen LogP contribution in [0.3, 0.4) is 0 Å². The number of rotatable bonds is 6. The molecule has 1 aromatic carbocycles. The SMILES string of the molecule is O=C(O)COc1c(Cl)cc(/C=N\NC(=O)c2cccs2)cc1Br. The van der Waals surface area contributed by atoms with Gasteiger partial charge in [-0.1, -0.05) is 17.7 Å². The van der Waals surface area contributed by atoms with Gasteiger partial charge in [0.15, 0.2) is 12.4 Å². The van der Waals surface area contributed by atoms with Gasteiger partial charge in [0.2, 0.25) is 0 Å². The van der Waals surface area contributed by atoms with Crippen molar-refractivity contribution in [2.45, 2.75) is 0 Å². The fraction of sp³-hybridized carbons (Fsp3) is 0.0714. The van der Waals surface area contributed by atoms with Gasteiger partial charge in [-0.3, -0.25) is 4.79 Å². The Hall–Kier alpha value is -1.90. The van der Waals surface area contributed by atoms with Crippen molar-refractivity contribution in [2.75, 3.05) is 6.61 Å². The number of thiophene rings is 1. The summed E-state index contributed by atoms with van der Waals surface area (Å²) in [6.07, 6.45) is 1.42. The van der Waals surface area contributed by atoms with E-state index < -0.39 is 12.6 Å². The second-order valence-electron chi connectivity index (χ2n) is 4.17. The highest BCUT2D eigenvalue weighted by Crippen LogP contribution is 2.34. The monoisotopic (exact) mass is 416 g/mol. The average Bonchev–Trinajstić information content (AvgIpc) is 3.00. The summed E-state index contributed by atoms with van der Waals surface area (Å²) in [5.74, 6) is -1.17. The van der Waals surface area contributed by atoms with E-state index in [9.17, 15) is 9.59 Å². The highest BCUT2D eigenvalue weighted by atomic mass is 79.9. The summed E-state index contributed by atoms with van der Waals surface area (Å²) < 4.78 is 5.57. The molecule has 0 fully saturated rings. The minimum Gasteiger partial charge on any atom is -0.479 e. The molecule has 9 heteroatoms. The molecular weight excluding hydrogens is 408 g/mol. The van der Waals surface area contributed by atoms with E-state index in [0.717, 1.165) is 0 Å². The molecule has 6 nitrogen and oxygen atoms in total. The molecule has 0 bridgehead atoms. The van der Waals surface area contributed by atoms with Gasteiger partial charge < -0.3 is 9.84 Å². The van der Waals surface area contributed by atoms with Crippen LogP contribution in [0.15, 0.2) is 39.2 Å².